The number of hydrogen-bond acceptors (Lipinski definition) is 7. The summed E-state index contributed by atoms with van der Waals surface area (Å²) in [7, 11) is 0. The first-order valence-electron chi connectivity index (χ1n) is 8.74. The second-order valence-electron chi connectivity index (χ2n) is 6.16. The summed E-state index contributed by atoms with van der Waals surface area (Å²) in [5.41, 5.74) is 2.37. The van der Waals surface area contributed by atoms with Crippen LogP contribution in [0.2, 0.25) is 0 Å². The van der Waals surface area contributed by atoms with E-state index in [1.54, 1.807) is 42.9 Å². The van der Waals surface area contributed by atoms with E-state index in [4.69, 9.17) is 5.26 Å². The van der Waals surface area contributed by atoms with Gasteiger partial charge in [-0.05, 0) is 18.2 Å². The topological polar surface area (TPSA) is 99.7 Å². The largest absolute Gasteiger partial charge is 0.367 e. The van der Waals surface area contributed by atoms with Crippen molar-refractivity contribution >= 4 is 29.0 Å². The first kappa shape index (κ1) is 18.0. The van der Waals surface area contributed by atoms with Crippen LogP contribution in [0, 0.1) is 11.3 Å². The van der Waals surface area contributed by atoms with Gasteiger partial charge in [0.15, 0.2) is 0 Å². The van der Waals surface area contributed by atoms with Crippen LogP contribution in [-0.2, 0) is 0 Å². The Labute approximate surface area is 166 Å². The quantitative estimate of drug-likeness (QED) is 0.728. The molecule has 0 unspecified atom stereocenters. The van der Waals surface area contributed by atoms with Gasteiger partial charge in [0.05, 0.1) is 47.8 Å². The lowest BCUT2D eigenvalue weighted by Crippen LogP contribution is -2.32. The predicted molar refractivity (Wildman–Crippen MR) is 108 cm³/mol. The van der Waals surface area contributed by atoms with Crippen molar-refractivity contribution < 1.29 is 4.79 Å². The molecule has 0 radical (unpaired) electrons. The Balaban J connectivity index is 1.45. The fourth-order valence-corrected chi connectivity index (χ4v) is 3.75. The number of carbonyl (C=O) groups excluding carboxylic acids is 1. The van der Waals surface area contributed by atoms with Crippen LogP contribution in [0.4, 0.5) is 11.4 Å². The maximum atomic E-state index is 12.4. The second-order valence-corrected chi connectivity index (χ2v) is 7.39. The molecule has 9 heteroatoms. The average molecular weight is 391 g/mol. The lowest BCUT2D eigenvalue weighted by molar-refractivity contribution is 0.102. The van der Waals surface area contributed by atoms with E-state index in [-0.39, 0.29) is 5.91 Å². The summed E-state index contributed by atoms with van der Waals surface area (Å²) < 4.78 is 1.51. The third kappa shape index (κ3) is 3.97. The predicted octanol–water partition coefficient (Wildman–Crippen LogP) is 2.34. The van der Waals surface area contributed by atoms with Crippen molar-refractivity contribution in [1.29, 1.82) is 5.26 Å². The molecule has 1 saturated heterocycles. The Morgan fingerprint density at radius 1 is 1.18 bits per heavy atom. The van der Waals surface area contributed by atoms with Gasteiger partial charge in [0, 0.05) is 30.2 Å². The number of carbonyl (C=O) groups is 1. The fraction of sp³-hybridized carbons (Fsp3) is 0.211. The molecule has 0 saturated carbocycles. The summed E-state index contributed by atoms with van der Waals surface area (Å²) >= 11 is 1.95. The molecule has 1 N–H and O–H groups in total. The highest BCUT2D eigenvalue weighted by Crippen LogP contribution is 2.18. The van der Waals surface area contributed by atoms with Crippen molar-refractivity contribution in [2.45, 2.75) is 0 Å². The smallest absolute Gasteiger partial charge is 0.255 e. The average Bonchev–Trinajstić information content (AvgIpc) is 3.23. The van der Waals surface area contributed by atoms with E-state index in [2.05, 4.69) is 25.3 Å². The van der Waals surface area contributed by atoms with E-state index in [9.17, 15) is 4.79 Å². The van der Waals surface area contributed by atoms with Crippen molar-refractivity contribution in [3.63, 3.8) is 0 Å². The molecule has 3 heterocycles. The van der Waals surface area contributed by atoms with Crippen molar-refractivity contribution in [2.24, 2.45) is 0 Å². The zero-order valence-electron chi connectivity index (χ0n) is 14.9. The van der Waals surface area contributed by atoms with Crippen LogP contribution in [0.15, 0.2) is 49.1 Å². The van der Waals surface area contributed by atoms with E-state index >= 15 is 0 Å². The number of thioether (sulfide) groups is 1. The molecule has 0 aliphatic carbocycles. The second kappa shape index (κ2) is 8.10. The number of nitriles is 1. The first-order chi connectivity index (χ1) is 13.7. The molecule has 1 fully saturated rings. The molecule has 0 spiro atoms. The van der Waals surface area contributed by atoms with E-state index in [1.807, 2.05) is 17.8 Å². The molecule has 140 valence electrons. The van der Waals surface area contributed by atoms with Gasteiger partial charge in [-0.3, -0.25) is 4.79 Å². The number of nitrogens with zero attached hydrogens (tertiary/aromatic N) is 6. The third-order valence-electron chi connectivity index (χ3n) is 4.30. The summed E-state index contributed by atoms with van der Waals surface area (Å²) in [5, 5.41) is 15.9. The minimum absolute atomic E-state index is 0.309. The van der Waals surface area contributed by atoms with Crippen LogP contribution in [0.5, 0.6) is 0 Å². The number of hydrogen-bond donors (Lipinski definition) is 1. The van der Waals surface area contributed by atoms with Gasteiger partial charge < -0.3 is 10.2 Å². The number of benzene rings is 1. The SMILES string of the molecule is N#Cc1cccc(C(=O)Nc2cnn(-c3ncc(N4CCSCC4)cn3)c2)c1. The van der Waals surface area contributed by atoms with E-state index in [0.717, 1.165) is 30.3 Å². The van der Waals surface area contributed by atoms with Crippen molar-refractivity contribution in [3.05, 3.63) is 60.2 Å². The number of anilines is 2. The number of amides is 1. The third-order valence-corrected chi connectivity index (χ3v) is 5.24. The Morgan fingerprint density at radius 3 is 2.71 bits per heavy atom. The Hall–Kier alpha value is -3.38. The number of nitrogens with one attached hydrogen (secondary N) is 1. The molecule has 3 aromatic rings. The molecule has 0 atom stereocenters. The van der Waals surface area contributed by atoms with E-state index in [1.165, 1.54) is 10.9 Å². The van der Waals surface area contributed by atoms with Crippen LogP contribution in [0.1, 0.15) is 15.9 Å². The maximum absolute atomic E-state index is 12.4. The van der Waals surface area contributed by atoms with Gasteiger partial charge in [-0.1, -0.05) is 6.07 Å². The highest BCUT2D eigenvalue weighted by molar-refractivity contribution is 7.99. The Bertz CT molecular complexity index is 1020. The molecule has 0 bridgehead atoms. The molecule has 28 heavy (non-hydrogen) atoms. The molecular weight excluding hydrogens is 374 g/mol. The van der Waals surface area contributed by atoms with Crippen molar-refractivity contribution in [3.8, 4) is 12.0 Å². The monoisotopic (exact) mass is 391 g/mol. The van der Waals surface area contributed by atoms with Crippen LogP contribution < -0.4 is 10.2 Å². The lowest BCUT2D eigenvalue weighted by atomic mass is 10.1. The normalized spacial score (nSPS) is 13.8. The molecular formula is C19H17N7OS. The van der Waals surface area contributed by atoms with Gasteiger partial charge >= 0.3 is 0 Å². The summed E-state index contributed by atoms with van der Waals surface area (Å²) in [5.74, 6) is 2.35. The van der Waals surface area contributed by atoms with Gasteiger partial charge in [0.2, 0.25) is 0 Å². The van der Waals surface area contributed by atoms with Crippen LogP contribution in [0.3, 0.4) is 0 Å². The van der Waals surface area contributed by atoms with Crippen LogP contribution in [-0.4, -0.2) is 50.3 Å². The standard InChI is InChI=1S/C19H17N7OS/c20-9-14-2-1-3-15(8-14)18(27)24-16-10-23-26(13-16)19-21-11-17(12-22-19)25-4-6-28-7-5-25/h1-3,8,10-13H,4-7H2,(H,24,27). The Morgan fingerprint density at radius 2 is 1.96 bits per heavy atom. The minimum Gasteiger partial charge on any atom is -0.367 e. The maximum Gasteiger partial charge on any atom is 0.255 e. The minimum atomic E-state index is -0.309. The first-order valence-corrected chi connectivity index (χ1v) is 9.90. The molecule has 8 nitrogen and oxygen atoms in total. The van der Waals surface area contributed by atoms with Gasteiger partial charge in [-0.2, -0.15) is 22.1 Å². The zero-order valence-corrected chi connectivity index (χ0v) is 15.8. The summed E-state index contributed by atoms with van der Waals surface area (Å²) in [6.45, 7) is 2.00. The van der Waals surface area contributed by atoms with Crippen molar-refractivity contribution in [2.75, 3.05) is 34.8 Å². The van der Waals surface area contributed by atoms with Crippen LogP contribution in [0.25, 0.3) is 5.95 Å². The van der Waals surface area contributed by atoms with E-state index in [0.29, 0.717) is 22.8 Å². The van der Waals surface area contributed by atoms with Gasteiger partial charge in [0.25, 0.3) is 11.9 Å². The zero-order chi connectivity index (χ0) is 19.3. The Kier molecular flexibility index (Phi) is 5.21. The molecule has 4 rings (SSSR count). The lowest BCUT2D eigenvalue weighted by Gasteiger charge is -2.27. The summed E-state index contributed by atoms with van der Waals surface area (Å²) in [6, 6.07) is 8.54. The highest BCUT2D eigenvalue weighted by atomic mass is 32.2. The summed E-state index contributed by atoms with van der Waals surface area (Å²) in [6.07, 6.45) is 6.78. The van der Waals surface area contributed by atoms with Gasteiger partial charge in [-0.15, -0.1) is 0 Å². The number of aromatic nitrogens is 4. The van der Waals surface area contributed by atoms with Gasteiger partial charge in [-0.25, -0.2) is 14.6 Å². The summed E-state index contributed by atoms with van der Waals surface area (Å²) in [4.78, 5) is 23.4. The van der Waals surface area contributed by atoms with Gasteiger partial charge in [0.1, 0.15) is 0 Å². The van der Waals surface area contributed by atoms with E-state index < -0.39 is 0 Å². The molecule has 1 amide bonds. The molecule has 1 aliphatic rings. The highest BCUT2D eigenvalue weighted by Gasteiger charge is 2.13. The molecule has 1 aliphatic heterocycles. The van der Waals surface area contributed by atoms with Crippen molar-refractivity contribution in [1.82, 2.24) is 19.7 Å². The molecule has 2 aromatic heterocycles. The fourth-order valence-electron chi connectivity index (χ4n) is 2.85. The number of rotatable bonds is 4. The van der Waals surface area contributed by atoms with Crippen LogP contribution >= 0.6 is 11.8 Å². The molecule has 1 aromatic carbocycles.